The van der Waals surface area contributed by atoms with E-state index in [1.54, 1.807) is 0 Å². The Morgan fingerprint density at radius 3 is 2.75 bits per heavy atom. The molecule has 1 aliphatic rings. The predicted molar refractivity (Wildman–Crippen MR) is 77.2 cm³/mol. The van der Waals surface area contributed by atoms with Crippen molar-refractivity contribution in [2.75, 3.05) is 5.32 Å². The average Bonchev–Trinajstić information content (AvgIpc) is 2.76. The summed E-state index contributed by atoms with van der Waals surface area (Å²) in [5.74, 6) is -1.32. The number of nitrogens with one attached hydrogen (secondary N) is 1. The van der Waals surface area contributed by atoms with Gasteiger partial charge in [-0.1, -0.05) is 35.4 Å². The first-order valence-corrected chi connectivity index (χ1v) is 6.93. The summed E-state index contributed by atoms with van der Waals surface area (Å²) in [6, 6.07) is 8.28. The minimum atomic E-state index is -0.666. The molecule has 4 heteroatoms. The van der Waals surface area contributed by atoms with Crippen LogP contribution < -0.4 is 5.32 Å². The van der Waals surface area contributed by atoms with Crippen LogP contribution in [0.4, 0.5) is 14.5 Å². The van der Waals surface area contributed by atoms with Gasteiger partial charge in [0.2, 0.25) is 0 Å². The van der Waals surface area contributed by atoms with Crippen molar-refractivity contribution in [3.05, 3.63) is 63.7 Å². The van der Waals surface area contributed by atoms with Crippen LogP contribution in [0.25, 0.3) is 0 Å². The SMILES string of the molecule is Cc1ccc2c(c1)C(Nc1c(F)cc(F)cc1Cl)CC2. The summed E-state index contributed by atoms with van der Waals surface area (Å²) in [5, 5.41) is 3.19. The molecule has 1 aliphatic carbocycles. The highest BCUT2D eigenvalue weighted by Crippen LogP contribution is 2.37. The second-order valence-electron chi connectivity index (χ2n) is 5.18. The molecule has 20 heavy (non-hydrogen) atoms. The van der Waals surface area contributed by atoms with Crippen molar-refractivity contribution in [3.63, 3.8) is 0 Å². The lowest BCUT2D eigenvalue weighted by Gasteiger charge is -2.17. The van der Waals surface area contributed by atoms with Gasteiger partial charge in [0.25, 0.3) is 0 Å². The molecule has 2 aromatic carbocycles. The first-order valence-electron chi connectivity index (χ1n) is 6.55. The van der Waals surface area contributed by atoms with Crippen LogP contribution in [0.3, 0.4) is 0 Å². The molecule has 0 aromatic heterocycles. The van der Waals surface area contributed by atoms with Crippen LogP contribution in [0.2, 0.25) is 5.02 Å². The molecule has 0 saturated carbocycles. The maximum absolute atomic E-state index is 13.8. The van der Waals surface area contributed by atoms with Crippen molar-refractivity contribution in [3.8, 4) is 0 Å². The van der Waals surface area contributed by atoms with Gasteiger partial charge < -0.3 is 5.32 Å². The highest BCUT2D eigenvalue weighted by atomic mass is 35.5. The Hall–Kier alpha value is -1.61. The van der Waals surface area contributed by atoms with Gasteiger partial charge in [-0.25, -0.2) is 8.78 Å². The van der Waals surface area contributed by atoms with E-state index in [2.05, 4.69) is 23.5 Å². The monoisotopic (exact) mass is 293 g/mol. The zero-order chi connectivity index (χ0) is 14.3. The van der Waals surface area contributed by atoms with E-state index in [9.17, 15) is 8.78 Å². The van der Waals surface area contributed by atoms with E-state index in [-0.39, 0.29) is 16.8 Å². The molecule has 0 spiro atoms. The van der Waals surface area contributed by atoms with Crippen LogP contribution >= 0.6 is 11.6 Å². The predicted octanol–water partition coefficient (Wildman–Crippen LogP) is 5.03. The fraction of sp³-hybridized carbons (Fsp3) is 0.250. The van der Waals surface area contributed by atoms with E-state index >= 15 is 0 Å². The minimum absolute atomic E-state index is 0.0161. The number of rotatable bonds is 2. The van der Waals surface area contributed by atoms with Crippen LogP contribution in [0, 0.1) is 18.6 Å². The van der Waals surface area contributed by atoms with Gasteiger partial charge in [0, 0.05) is 6.07 Å². The summed E-state index contributed by atoms with van der Waals surface area (Å²) < 4.78 is 26.9. The molecule has 1 nitrogen and oxygen atoms in total. The summed E-state index contributed by atoms with van der Waals surface area (Å²) >= 11 is 5.93. The molecule has 0 amide bonds. The lowest BCUT2D eigenvalue weighted by molar-refractivity contribution is 0.583. The van der Waals surface area contributed by atoms with Crippen molar-refractivity contribution in [1.82, 2.24) is 0 Å². The van der Waals surface area contributed by atoms with E-state index in [1.807, 2.05) is 6.92 Å². The average molecular weight is 294 g/mol. The van der Waals surface area contributed by atoms with Gasteiger partial charge in [0.05, 0.1) is 16.8 Å². The zero-order valence-corrected chi connectivity index (χ0v) is 11.8. The van der Waals surface area contributed by atoms with Gasteiger partial charge in [0.1, 0.15) is 5.82 Å². The molecule has 0 bridgehead atoms. The Bertz CT molecular complexity index is 647. The lowest BCUT2D eigenvalue weighted by Crippen LogP contribution is -2.09. The Balaban J connectivity index is 1.93. The van der Waals surface area contributed by atoms with Crippen LogP contribution in [-0.4, -0.2) is 0 Å². The molecule has 3 rings (SSSR count). The highest BCUT2D eigenvalue weighted by molar-refractivity contribution is 6.33. The Morgan fingerprint density at radius 2 is 2.00 bits per heavy atom. The molecule has 0 heterocycles. The Kier molecular flexibility index (Phi) is 3.38. The normalized spacial score (nSPS) is 17.1. The number of benzene rings is 2. The largest absolute Gasteiger partial charge is 0.375 e. The molecule has 1 unspecified atom stereocenters. The third-order valence-corrected chi connectivity index (χ3v) is 4.00. The molecular formula is C16H14ClF2N. The van der Waals surface area contributed by atoms with E-state index in [1.165, 1.54) is 16.7 Å². The molecule has 0 fully saturated rings. The Morgan fingerprint density at radius 1 is 1.20 bits per heavy atom. The van der Waals surface area contributed by atoms with Gasteiger partial charge in [-0.2, -0.15) is 0 Å². The smallest absolute Gasteiger partial charge is 0.150 e. The molecule has 0 aliphatic heterocycles. The molecular weight excluding hydrogens is 280 g/mol. The number of halogens is 3. The maximum Gasteiger partial charge on any atom is 0.150 e. The summed E-state index contributed by atoms with van der Waals surface area (Å²) in [4.78, 5) is 0. The van der Waals surface area contributed by atoms with E-state index in [0.717, 1.165) is 25.0 Å². The van der Waals surface area contributed by atoms with E-state index in [4.69, 9.17) is 11.6 Å². The summed E-state index contributed by atoms with van der Waals surface area (Å²) in [7, 11) is 0. The van der Waals surface area contributed by atoms with Crippen molar-refractivity contribution >= 4 is 17.3 Å². The third-order valence-electron chi connectivity index (χ3n) is 3.70. The van der Waals surface area contributed by atoms with E-state index in [0.29, 0.717) is 0 Å². The summed E-state index contributed by atoms with van der Waals surface area (Å²) in [6.45, 7) is 2.03. The highest BCUT2D eigenvalue weighted by Gasteiger charge is 2.24. The number of anilines is 1. The molecule has 104 valence electrons. The second-order valence-corrected chi connectivity index (χ2v) is 5.59. The number of fused-ring (bicyclic) bond motifs is 1. The van der Waals surface area contributed by atoms with Crippen molar-refractivity contribution < 1.29 is 8.78 Å². The molecule has 1 N–H and O–H groups in total. The first kappa shape index (κ1) is 13.4. The van der Waals surface area contributed by atoms with E-state index < -0.39 is 11.6 Å². The van der Waals surface area contributed by atoms with Gasteiger partial charge in [-0.05, 0) is 37.0 Å². The lowest BCUT2D eigenvalue weighted by atomic mass is 10.0. The maximum atomic E-state index is 13.8. The topological polar surface area (TPSA) is 12.0 Å². The van der Waals surface area contributed by atoms with Gasteiger partial charge >= 0.3 is 0 Å². The number of hydrogen-bond donors (Lipinski definition) is 1. The Labute approximate surface area is 121 Å². The second kappa shape index (κ2) is 5.06. The fourth-order valence-electron chi connectivity index (χ4n) is 2.73. The first-order chi connectivity index (χ1) is 9.54. The van der Waals surface area contributed by atoms with Gasteiger partial charge in [-0.15, -0.1) is 0 Å². The molecule has 2 aromatic rings. The molecule has 0 saturated heterocycles. The fourth-order valence-corrected chi connectivity index (χ4v) is 2.98. The summed E-state index contributed by atoms with van der Waals surface area (Å²) in [6.07, 6.45) is 1.83. The number of hydrogen-bond acceptors (Lipinski definition) is 1. The third kappa shape index (κ3) is 2.38. The van der Waals surface area contributed by atoms with Crippen LogP contribution in [0.15, 0.2) is 30.3 Å². The quantitative estimate of drug-likeness (QED) is 0.819. The van der Waals surface area contributed by atoms with Crippen molar-refractivity contribution in [2.45, 2.75) is 25.8 Å². The van der Waals surface area contributed by atoms with Crippen LogP contribution in [0.5, 0.6) is 0 Å². The molecule has 0 radical (unpaired) electrons. The van der Waals surface area contributed by atoms with Gasteiger partial charge in [-0.3, -0.25) is 0 Å². The summed E-state index contributed by atoms with van der Waals surface area (Å²) in [5.41, 5.74) is 3.78. The van der Waals surface area contributed by atoms with Crippen molar-refractivity contribution in [2.24, 2.45) is 0 Å². The number of aryl methyl sites for hydroxylation is 2. The van der Waals surface area contributed by atoms with Crippen LogP contribution in [0.1, 0.15) is 29.2 Å². The zero-order valence-electron chi connectivity index (χ0n) is 11.0. The van der Waals surface area contributed by atoms with Crippen molar-refractivity contribution in [1.29, 1.82) is 0 Å². The van der Waals surface area contributed by atoms with Crippen LogP contribution in [-0.2, 0) is 6.42 Å². The standard InChI is InChI=1S/C16H14ClF2N/c1-9-2-3-10-4-5-15(12(10)6-9)20-16-13(17)7-11(18)8-14(16)19/h2-3,6-8,15,20H,4-5H2,1H3. The minimum Gasteiger partial charge on any atom is -0.375 e. The van der Waals surface area contributed by atoms with Gasteiger partial charge in [0.15, 0.2) is 5.82 Å². The molecule has 1 atom stereocenters.